The fraction of sp³-hybridized carbons (Fsp3) is 0.368. The summed E-state index contributed by atoms with van der Waals surface area (Å²) in [6, 6.07) is 3.02. The first-order valence-electron chi connectivity index (χ1n) is 9.03. The van der Waals surface area contributed by atoms with E-state index in [2.05, 4.69) is 20.3 Å². The van der Waals surface area contributed by atoms with E-state index in [0.717, 1.165) is 15.8 Å². The van der Waals surface area contributed by atoms with Gasteiger partial charge in [-0.05, 0) is 38.0 Å². The lowest BCUT2D eigenvalue weighted by Gasteiger charge is -2.17. The second-order valence-corrected chi connectivity index (χ2v) is 8.22. The Morgan fingerprint density at radius 2 is 2.21 bits per heavy atom. The number of rotatable bonds is 4. The van der Waals surface area contributed by atoms with Crippen LogP contribution in [0.3, 0.4) is 0 Å². The Morgan fingerprint density at radius 3 is 2.93 bits per heavy atom. The maximum atomic E-state index is 13.5. The summed E-state index contributed by atoms with van der Waals surface area (Å²) in [7, 11) is 0. The summed E-state index contributed by atoms with van der Waals surface area (Å²) in [5, 5.41) is 12.9. The molecule has 2 N–H and O–H groups in total. The Hall–Kier alpha value is -2.65. The van der Waals surface area contributed by atoms with Crippen LogP contribution in [0.5, 0.6) is 0 Å². The number of hydrogen-bond donors (Lipinski definition) is 2. The Morgan fingerprint density at radius 1 is 1.39 bits per heavy atom. The number of β-amino-alcohol motifs (C(OH)–C–C–N with tert-alkyl or cyclic N) is 1. The molecule has 4 rings (SSSR count). The van der Waals surface area contributed by atoms with Gasteiger partial charge in [0.05, 0.1) is 28.6 Å². The Kier molecular flexibility index (Phi) is 4.94. The summed E-state index contributed by atoms with van der Waals surface area (Å²) in [6.07, 6.45) is 2.79. The average molecular weight is 401 g/mol. The Balaban J connectivity index is 1.68. The highest BCUT2D eigenvalue weighted by molar-refractivity contribution is 7.19. The van der Waals surface area contributed by atoms with Gasteiger partial charge in [0.1, 0.15) is 5.82 Å². The van der Waals surface area contributed by atoms with Gasteiger partial charge in [0.25, 0.3) is 5.91 Å². The van der Waals surface area contributed by atoms with Gasteiger partial charge in [-0.25, -0.2) is 14.4 Å². The molecule has 0 aromatic carbocycles. The molecule has 0 radical (unpaired) electrons. The van der Waals surface area contributed by atoms with Crippen LogP contribution in [0.1, 0.15) is 40.3 Å². The molecular formula is C19H20FN5O2S. The van der Waals surface area contributed by atoms with Crippen molar-refractivity contribution in [1.29, 1.82) is 0 Å². The molecule has 9 heteroatoms. The number of carbonyl (C=O) groups is 1. The zero-order chi connectivity index (χ0) is 19.8. The van der Waals surface area contributed by atoms with Gasteiger partial charge in [-0.1, -0.05) is 0 Å². The van der Waals surface area contributed by atoms with Gasteiger partial charge in [-0.3, -0.25) is 9.78 Å². The summed E-state index contributed by atoms with van der Waals surface area (Å²) >= 11 is 1.47. The highest BCUT2D eigenvalue weighted by Gasteiger charge is 2.28. The fourth-order valence-electron chi connectivity index (χ4n) is 3.28. The van der Waals surface area contributed by atoms with Crippen molar-refractivity contribution < 1.29 is 14.3 Å². The maximum Gasteiger partial charge on any atom is 0.274 e. The van der Waals surface area contributed by atoms with Crippen LogP contribution in [-0.4, -0.2) is 50.1 Å². The third-order valence-corrected chi connectivity index (χ3v) is 5.77. The van der Waals surface area contributed by atoms with Crippen molar-refractivity contribution in [3.8, 4) is 0 Å². The van der Waals surface area contributed by atoms with E-state index in [-0.39, 0.29) is 11.9 Å². The molecule has 0 bridgehead atoms. The van der Waals surface area contributed by atoms with Crippen LogP contribution in [0.25, 0.3) is 10.2 Å². The van der Waals surface area contributed by atoms with Gasteiger partial charge in [0.2, 0.25) is 5.95 Å². The number of pyridine rings is 1. The maximum absolute atomic E-state index is 13.5. The van der Waals surface area contributed by atoms with Gasteiger partial charge < -0.3 is 15.3 Å². The molecule has 0 aliphatic carbocycles. The lowest BCUT2D eigenvalue weighted by molar-refractivity contribution is 0.0761. The van der Waals surface area contributed by atoms with E-state index < -0.39 is 11.9 Å². The molecule has 28 heavy (non-hydrogen) atoms. The van der Waals surface area contributed by atoms with E-state index in [1.54, 1.807) is 11.1 Å². The lowest BCUT2D eigenvalue weighted by Crippen LogP contribution is -2.30. The van der Waals surface area contributed by atoms with Gasteiger partial charge in [0, 0.05) is 24.2 Å². The monoisotopic (exact) mass is 401 g/mol. The third kappa shape index (κ3) is 3.67. The molecule has 1 saturated heterocycles. The molecule has 4 heterocycles. The van der Waals surface area contributed by atoms with E-state index in [0.29, 0.717) is 42.2 Å². The minimum Gasteiger partial charge on any atom is -0.391 e. The van der Waals surface area contributed by atoms with Crippen LogP contribution < -0.4 is 5.32 Å². The topological polar surface area (TPSA) is 91.2 Å². The van der Waals surface area contributed by atoms with Crippen LogP contribution >= 0.6 is 11.3 Å². The molecule has 3 aromatic heterocycles. The number of aromatic nitrogens is 3. The molecule has 1 aliphatic rings. The smallest absolute Gasteiger partial charge is 0.274 e. The largest absolute Gasteiger partial charge is 0.391 e. The summed E-state index contributed by atoms with van der Waals surface area (Å²) in [5.74, 6) is -0.335. The number of nitrogens with one attached hydrogen (secondary N) is 1. The van der Waals surface area contributed by atoms with E-state index in [1.807, 2.05) is 19.9 Å². The van der Waals surface area contributed by atoms with Crippen LogP contribution in [0.4, 0.5) is 10.3 Å². The van der Waals surface area contributed by atoms with Crippen LogP contribution in [-0.2, 0) is 0 Å². The quantitative estimate of drug-likeness (QED) is 0.699. The van der Waals surface area contributed by atoms with Crippen molar-refractivity contribution in [3.63, 3.8) is 0 Å². The third-order valence-electron chi connectivity index (χ3n) is 4.72. The normalized spacial score (nSPS) is 17.9. The van der Waals surface area contributed by atoms with Crippen molar-refractivity contribution in [2.24, 2.45) is 0 Å². The van der Waals surface area contributed by atoms with Crippen LogP contribution in [0, 0.1) is 12.7 Å². The summed E-state index contributed by atoms with van der Waals surface area (Å²) in [4.78, 5) is 28.5. The number of hydrogen-bond acceptors (Lipinski definition) is 7. The van der Waals surface area contributed by atoms with Crippen molar-refractivity contribution in [2.75, 3.05) is 18.4 Å². The Bertz CT molecular complexity index is 1040. The van der Waals surface area contributed by atoms with Gasteiger partial charge >= 0.3 is 0 Å². The first kappa shape index (κ1) is 18.7. The van der Waals surface area contributed by atoms with E-state index in [4.69, 9.17) is 0 Å². The number of thiophene rings is 1. The lowest BCUT2D eigenvalue weighted by atomic mass is 10.1. The zero-order valence-corrected chi connectivity index (χ0v) is 16.3. The molecule has 1 amide bonds. The van der Waals surface area contributed by atoms with Crippen molar-refractivity contribution >= 4 is 33.4 Å². The SMILES string of the molecule is Cc1cc2nc(NC(C)c3cncc(F)c3)nc(C(=O)N3CCC(O)C3)c2s1. The van der Waals surface area contributed by atoms with Crippen molar-refractivity contribution in [3.05, 3.63) is 46.5 Å². The number of amides is 1. The number of carbonyl (C=O) groups excluding carboxylic acids is 1. The number of aryl methyl sites for hydroxylation is 1. The number of likely N-dealkylation sites (tertiary alicyclic amines) is 1. The number of aliphatic hydroxyl groups excluding tert-OH is 1. The van der Waals surface area contributed by atoms with Crippen LogP contribution in [0.2, 0.25) is 0 Å². The molecule has 146 valence electrons. The minimum absolute atomic E-state index is 0.214. The zero-order valence-electron chi connectivity index (χ0n) is 15.5. The molecule has 2 unspecified atom stereocenters. The molecule has 0 spiro atoms. The molecule has 1 aliphatic heterocycles. The summed E-state index contributed by atoms with van der Waals surface area (Å²) in [6.45, 7) is 4.61. The Labute approximate surface area is 165 Å². The second kappa shape index (κ2) is 7.40. The molecule has 7 nitrogen and oxygen atoms in total. The average Bonchev–Trinajstić information content (AvgIpc) is 3.25. The first-order chi connectivity index (χ1) is 13.4. The minimum atomic E-state index is -0.496. The summed E-state index contributed by atoms with van der Waals surface area (Å²) in [5.41, 5.74) is 1.66. The molecule has 1 fully saturated rings. The van der Waals surface area contributed by atoms with Crippen molar-refractivity contribution in [1.82, 2.24) is 19.9 Å². The van der Waals surface area contributed by atoms with Gasteiger partial charge in [-0.15, -0.1) is 11.3 Å². The standard InChI is InChI=1S/C19H20FN5O2S/c1-10-5-15-17(28-10)16(18(27)25-4-3-14(26)9-25)24-19(23-15)22-11(2)12-6-13(20)8-21-7-12/h5-8,11,14,26H,3-4,9H2,1-2H3,(H,22,23,24). The van der Waals surface area contributed by atoms with Gasteiger partial charge in [-0.2, -0.15) is 0 Å². The molecule has 2 atom stereocenters. The van der Waals surface area contributed by atoms with Crippen LogP contribution in [0.15, 0.2) is 24.5 Å². The highest BCUT2D eigenvalue weighted by atomic mass is 32.1. The van der Waals surface area contributed by atoms with E-state index in [1.165, 1.54) is 17.4 Å². The fourth-order valence-corrected chi connectivity index (χ4v) is 4.21. The first-order valence-corrected chi connectivity index (χ1v) is 9.85. The van der Waals surface area contributed by atoms with E-state index >= 15 is 0 Å². The molecule has 3 aromatic rings. The number of aliphatic hydroxyl groups is 1. The summed E-state index contributed by atoms with van der Waals surface area (Å²) < 4.78 is 14.2. The number of halogens is 1. The number of anilines is 1. The predicted octanol–water partition coefficient (Wildman–Crippen LogP) is 2.91. The van der Waals surface area contributed by atoms with Gasteiger partial charge in [0.15, 0.2) is 5.69 Å². The number of fused-ring (bicyclic) bond motifs is 1. The second-order valence-electron chi connectivity index (χ2n) is 6.96. The van der Waals surface area contributed by atoms with E-state index in [9.17, 15) is 14.3 Å². The molecular weight excluding hydrogens is 381 g/mol. The van der Waals surface area contributed by atoms with Crippen molar-refractivity contribution in [2.45, 2.75) is 32.4 Å². The molecule has 0 saturated carbocycles. The highest BCUT2D eigenvalue weighted by Crippen LogP contribution is 2.29. The predicted molar refractivity (Wildman–Crippen MR) is 105 cm³/mol. The number of nitrogens with zero attached hydrogens (tertiary/aromatic N) is 4.